The molecule has 2 rings (SSSR count). The Morgan fingerprint density at radius 1 is 1.11 bits per heavy atom. The van der Waals surface area contributed by atoms with Crippen LogP contribution in [0.4, 0.5) is 5.69 Å². The molecule has 0 saturated carbocycles. The molecule has 2 aromatic rings. The van der Waals surface area contributed by atoms with Crippen molar-refractivity contribution in [3.63, 3.8) is 0 Å². The number of hydrogen-bond donors (Lipinski definition) is 1. The van der Waals surface area contributed by atoms with Gasteiger partial charge in [-0.3, -0.25) is 4.79 Å². The normalized spacial score (nSPS) is 10.3. The van der Waals surface area contributed by atoms with E-state index in [1.807, 2.05) is 57.2 Å². The van der Waals surface area contributed by atoms with Crippen LogP contribution in [0.3, 0.4) is 0 Å². The first-order valence-electron chi connectivity index (χ1n) is 6.12. The van der Waals surface area contributed by atoms with Gasteiger partial charge in [0.05, 0.1) is 0 Å². The molecule has 0 radical (unpaired) electrons. The quantitative estimate of drug-likeness (QED) is 0.859. The van der Waals surface area contributed by atoms with E-state index in [4.69, 9.17) is 0 Å². The highest BCUT2D eigenvalue weighted by molar-refractivity contribution is 9.10. The third-order valence-electron chi connectivity index (χ3n) is 3.16. The number of nitrogens with one attached hydrogen (secondary N) is 1. The number of halogens is 1. The second-order valence-electron chi connectivity index (χ2n) is 4.72. The van der Waals surface area contributed by atoms with E-state index in [0.717, 1.165) is 21.3 Å². The summed E-state index contributed by atoms with van der Waals surface area (Å²) >= 11 is 3.41. The Kier molecular flexibility index (Phi) is 4.05. The van der Waals surface area contributed by atoms with Gasteiger partial charge in [0.25, 0.3) is 5.91 Å². The van der Waals surface area contributed by atoms with Gasteiger partial charge in [0, 0.05) is 15.7 Å². The fraction of sp³-hybridized carbons (Fsp3) is 0.188. The average Bonchev–Trinajstić information content (AvgIpc) is 2.33. The van der Waals surface area contributed by atoms with Gasteiger partial charge >= 0.3 is 0 Å². The van der Waals surface area contributed by atoms with E-state index < -0.39 is 0 Å². The molecule has 0 aliphatic heterocycles. The highest BCUT2D eigenvalue weighted by Gasteiger charge is 2.09. The van der Waals surface area contributed by atoms with Gasteiger partial charge < -0.3 is 5.32 Å². The molecule has 1 amide bonds. The SMILES string of the molecule is Cc1cc(Br)cc(C(=O)Nc2cccc(C)c2C)c1. The van der Waals surface area contributed by atoms with Gasteiger partial charge in [0.2, 0.25) is 0 Å². The number of carbonyl (C=O) groups is 1. The molecule has 0 atom stereocenters. The van der Waals surface area contributed by atoms with Crippen molar-refractivity contribution < 1.29 is 4.79 Å². The minimum absolute atomic E-state index is 0.0851. The minimum atomic E-state index is -0.0851. The summed E-state index contributed by atoms with van der Waals surface area (Å²) in [7, 11) is 0. The van der Waals surface area contributed by atoms with Crippen LogP contribution in [-0.4, -0.2) is 5.91 Å². The Morgan fingerprint density at radius 3 is 2.53 bits per heavy atom. The molecule has 0 bridgehead atoms. The predicted octanol–water partition coefficient (Wildman–Crippen LogP) is 4.63. The van der Waals surface area contributed by atoms with Gasteiger partial charge in [0.1, 0.15) is 0 Å². The van der Waals surface area contributed by atoms with Gasteiger partial charge in [-0.2, -0.15) is 0 Å². The smallest absolute Gasteiger partial charge is 0.255 e. The zero-order valence-corrected chi connectivity index (χ0v) is 12.8. The Morgan fingerprint density at radius 2 is 1.84 bits per heavy atom. The molecule has 2 nitrogen and oxygen atoms in total. The van der Waals surface area contributed by atoms with E-state index in [1.165, 1.54) is 5.56 Å². The number of anilines is 1. The molecule has 19 heavy (non-hydrogen) atoms. The first-order chi connectivity index (χ1) is 8.97. The van der Waals surface area contributed by atoms with Crippen molar-refractivity contribution >= 4 is 27.5 Å². The first kappa shape index (κ1) is 13.8. The Balaban J connectivity index is 2.28. The van der Waals surface area contributed by atoms with Crippen molar-refractivity contribution in [3.8, 4) is 0 Å². The van der Waals surface area contributed by atoms with Crippen molar-refractivity contribution in [1.82, 2.24) is 0 Å². The van der Waals surface area contributed by atoms with Crippen LogP contribution in [0.15, 0.2) is 40.9 Å². The summed E-state index contributed by atoms with van der Waals surface area (Å²) in [4.78, 5) is 12.3. The van der Waals surface area contributed by atoms with Crippen molar-refractivity contribution in [3.05, 3.63) is 63.1 Å². The third-order valence-corrected chi connectivity index (χ3v) is 3.61. The molecule has 98 valence electrons. The standard InChI is InChI=1S/C16H16BrNO/c1-10-7-13(9-14(17)8-10)16(19)18-15-6-4-5-11(2)12(15)3/h4-9H,1-3H3,(H,18,19). The van der Waals surface area contributed by atoms with Gasteiger partial charge in [-0.05, 0) is 61.7 Å². The van der Waals surface area contributed by atoms with Gasteiger partial charge in [-0.25, -0.2) is 0 Å². The molecule has 2 aromatic carbocycles. The number of rotatable bonds is 2. The van der Waals surface area contributed by atoms with E-state index in [0.29, 0.717) is 5.56 Å². The van der Waals surface area contributed by atoms with Crippen LogP contribution in [0.2, 0.25) is 0 Å². The Labute approximate surface area is 122 Å². The molecule has 0 saturated heterocycles. The molecule has 0 unspecified atom stereocenters. The second-order valence-corrected chi connectivity index (χ2v) is 5.63. The minimum Gasteiger partial charge on any atom is -0.322 e. The van der Waals surface area contributed by atoms with Gasteiger partial charge in [-0.15, -0.1) is 0 Å². The molecule has 0 fully saturated rings. The summed E-state index contributed by atoms with van der Waals surface area (Å²) in [6.45, 7) is 6.02. The summed E-state index contributed by atoms with van der Waals surface area (Å²) < 4.78 is 0.915. The van der Waals surface area contributed by atoms with Crippen molar-refractivity contribution in [2.45, 2.75) is 20.8 Å². The largest absolute Gasteiger partial charge is 0.322 e. The maximum absolute atomic E-state index is 12.3. The number of hydrogen-bond acceptors (Lipinski definition) is 1. The molecular formula is C16H16BrNO. The lowest BCUT2D eigenvalue weighted by Gasteiger charge is -2.11. The average molecular weight is 318 g/mol. The molecule has 0 aromatic heterocycles. The number of carbonyl (C=O) groups excluding carboxylic acids is 1. The number of benzene rings is 2. The number of amides is 1. The summed E-state index contributed by atoms with van der Waals surface area (Å²) in [5.41, 5.74) is 4.85. The molecule has 0 spiro atoms. The van der Waals surface area contributed by atoms with E-state index in [-0.39, 0.29) is 5.91 Å². The van der Waals surface area contributed by atoms with Crippen molar-refractivity contribution in [2.75, 3.05) is 5.32 Å². The van der Waals surface area contributed by atoms with Gasteiger partial charge in [-0.1, -0.05) is 28.1 Å². The van der Waals surface area contributed by atoms with E-state index >= 15 is 0 Å². The lowest BCUT2D eigenvalue weighted by molar-refractivity contribution is 0.102. The van der Waals surface area contributed by atoms with Crippen molar-refractivity contribution in [1.29, 1.82) is 0 Å². The van der Waals surface area contributed by atoms with Crippen LogP contribution in [-0.2, 0) is 0 Å². The molecular weight excluding hydrogens is 302 g/mol. The van der Waals surface area contributed by atoms with E-state index in [9.17, 15) is 4.79 Å². The molecule has 0 heterocycles. The van der Waals surface area contributed by atoms with Gasteiger partial charge in [0.15, 0.2) is 0 Å². The monoisotopic (exact) mass is 317 g/mol. The van der Waals surface area contributed by atoms with Crippen LogP contribution >= 0.6 is 15.9 Å². The number of aryl methyl sites for hydroxylation is 2. The summed E-state index contributed by atoms with van der Waals surface area (Å²) in [6, 6.07) is 11.6. The molecule has 1 N–H and O–H groups in total. The molecule has 0 aliphatic carbocycles. The topological polar surface area (TPSA) is 29.1 Å². The maximum atomic E-state index is 12.3. The Bertz CT molecular complexity index is 614. The highest BCUT2D eigenvalue weighted by Crippen LogP contribution is 2.20. The molecule has 3 heteroatoms. The van der Waals surface area contributed by atoms with Crippen molar-refractivity contribution in [2.24, 2.45) is 0 Å². The zero-order chi connectivity index (χ0) is 14.0. The summed E-state index contributed by atoms with van der Waals surface area (Å²) in [5, 5.41) is 2.96. The van der Waals surface area contributed by atoms with Crippen LogP contribution in [0.5, 0.6) is 0 Å². The molecule has 0 aliphatic rings. The van der Waals surface area contributed by atoms with Crippen LogP contribution in [0, 0.1) is 20.8 Å². The Hall–Kier alpha value is -1.61. The predicted molar refractivity (Wildman–Crippen MR) is 82.7 cm³/mol. The fourth-order valence-electron chi connectivity index (χ4n) is 1.95. The fourth-order valence-corrected chi connectivity index (χ4v) is 2.56. The van der Waals surface area contributed by atoms with Crippen LogP contribution < -0.4 is 5.32 Å². The maximum Gasteiger partial charge on any atom is 0.255 e. The van der Waals surface area contributed by atoms with E-state index in [2.05, 4.69) is 21.2 Å². The highest BCUT2D eigenvalue weighted by atomic mass is 79.9. The second kappa shape index (κ2) is 5.57. The lowest BCUT2D eigenvalue weighted by atomic mass is 10.1. The van der Waals surface area contributed by atoms with E-state index in [1.54, 1.807) is 0 Å². The lowest BCUT2D eigenvalue weighted by Crippen LogP contribution is -2.13. The zero-order valence-electron chi connectivity index (χ0n) is 11.3. The summed E-state index contributed by atoms with van der Waals surface area (Å²) in [5.74, 6) is -0.0851. The third kappa shape index (κ3) is 3.24. The van der Waals surface area contributed by atoms with Crippen LogP contribution in [0.25, 0.3) is 0 Å². The first-order valence-corrected chi connectivity index (χ1v) is 6.91. The van der Waals surface area contributed by atoms with Crippen LogP contribution in [0.1, 0.15) is 27.0 Å². The summed E-state index contributed by atoms with van der Waals surface area (Å²) in [6.07, 6.45) is 0.